The van der Waals surface area contributed by atoms with Gasteiger partial charge in [-0.3, -0.25) is 0 Å². The van der Waals surface area contributed by atoms with Gasteiger partial charge in [-0.05, 0) is 25.1 Å². The first kappa shape index (κ1) is 14.3. The van der Waals surface area contributed by atoms with Gasteiger partial charge in [0.05, 0.1) is 6.61 Å². The molecule has 0 saturated heterocycles. The Hall–Kier alpha value is -0.810. The highest BCUT2D eigenvalue weighted by Crippen LogP contribution is 2.27. The summed E-state index contributed by atoms with van der Waals surface area (Å²) in [7, 11) is 1.53. The fraction of sp³-hybridized carbons (Fsp3) is 0.500. The first-order valence-corrected chi connectivity index (χ1v) is 5.77. The molecule has 0 spiro atoms. The molecule has 3 N–H and O–H groups in total. The van der Waals surface area contributed by atoms with E-state index in [2.05, 4.69) is 0 Å². The third-order valence-corrected chi connectivity index (χ3v) is 2.49. The van der Waals surface area contributed by atoms with Gasteiger partial charge in [0.2, 0.25) is 0 Å². The summed E-state index contributed by atoms with van der Waals surface area (Å²) in [5.74, 6) is 0.638. The second-order valence-electron chi connectivity index (χ2n) is 3.89. The average Bonchev–Trinajstić information content (AvgIpc) is 2.27. The molecule has 1 aromatic rings. The fourth-order valence-corrected chi connectivity index (χ4v) is 1.61. The van der Waals surface area contributed by atoms with E-state index in [1.807, 2.05) is 6.92 Å². The third-order valence-electron chi connectivity index (χ3n) is 2.25. The van der Waals surface area contributed by atoms with Crippen molar-refractivity contribution in [1.82, 2.24) is 0 Å². The Bertz CT molecular complexity index is 358. The summed E-state index contributed by atoms with van der Waals surface area (Å²) in [6.45, 7) is 2.25. The topological polar surface area (TPSA) is 64.7 Å². The molecule has 1 aromatic carbocycles. The van der Waals surface area contributed by atoms with Crippen LogP contribution >= 0.6 is 11.6 Å². The summed E-state index contributed by atoms with van der Waals surface area (Å²) in [4.78, 5) is 0. The zero-order valence-electron chi connectivity index (χ0n) is 10.0. The second kappa shape index (κ2) is 6.81. The maximum atomic E-state index is 9.49. The summed E-state index contributed by atoms with van der Waals surface area (Å²) in [5, 5.41) is 10.1. The largest absolute Gasteiger partial charge is 0.490 e. The van der Waals surface area contributed by atoms with Crippen LogP contribution in [0.5, 0.6) is 5.75 Å². The molecule has 0 fully saturated rings. The van der Waals surface area contributed by atoms with Crippen molar-refractivity contribution in [2.24, 2.45) is 5.73 Å². The molecule has 0 saturated carbocycles. The molecule has 0 aliphatic rings. The maximum absolute atomic E-state index is 9.49. The van der Waals surface area contributed by atoms with Crippen LogP contribution in [0.15, 0.2) is 18.2 Å². The molecule has 5 heteroatoms. The van der Waals surface area contributed by atoms with Gasteiger partial charge in [0.25, 0.3) is 0 Å². The normalized spacial score (nSPS) is 14.4. The van der Waals surface area contributed by atoms with Crippen molar-refractivity contribution in [3.8, 4) is 5.75 Å². The second-order valence-corrected chi connectivity index (χ2v) is 4.33. The molecular formula is C12H18ClNO3. The van der Waals surface area contributed by atoms with Gasteiger partial charge in [-0.2, -0.15) is 0 Å². The number of benzene rings is 1. The Morgan fingerprint density at radius 2 is 2.12 bits per heavy atom. The Morgan fingerprint density at radius 3 is 2.71 bits per heavy atom. The SMILES string of the molecule is COCC(O)COc1ccc(Cl)cc1[C@H](C)N. The van der Waals surface area contributed by atoms with Gasteiger partial charge in [-0.1, -0.05) is 11.6 Å². The van der Waals surface area contributed by atoms with E-state index in [-0.39, 0.29) is 19.3 Å². The number of ether oxygens (including phenoxy) is 2. The number of methoxy groups -OCH3 is 1. The lowest BCUT2D eigenvalue weighted by atomic mass is 10.1. The van der Waals surface area contributed by atoms with Gasteiger partial charge in [0, 0.05) is 23.7 Å². The predicted molar refractivity (Wildman–Crippen MR) is 67.4 cm³/mol. The summed E-state index contributed by atoms with van der Waals surface area (Å²) in [6, 6.07) is 5.07. The van der Waals surface area contributed by atoms with Crippen molar-refractivity contribution >= 4 is 11.6 Å². The van der Waals surface area contributed by atoms with Gasteiger partial charge in [0.1, 0.15) is 18.5 Å². The molecule has 2 atom stereocenters. The number of nitrogens with two attached hydrogens (primary N) is 1. The molecule has 0 bridgehead atoms. The first-order chi connectivity index (χ1) is 8.04. The van der Waals surface area contributed by atoms with E-state index in [1.54, 1.807) is 18.2 Å². The lowest BCUT2D eigenvalue weighted by Crippen LogP contribution is -2.23. The Labute approximate surface area is 106 Å². The van der Waals surface area contributed by atoms with E-state index in [0.29, 0.717) is 10.8 Å². The zero-order valence-corrected chi connectivity index (χ0v) is 10.8. The number of rotatable bonds is 6. The van der Waals surface area contributed by atoms with Crippen LogP contribution in [0.4, 0.5) is 0 Å². The lowest BCUT2D eigenvalue weighted by molar-refractivity contribution is 0.0322. The number of hydrogen-bond acceptors (Lipinski definition) is 4. The zero-order chi connectivity index (χ0) is 12.8. The fourth-order valence-electron chi connectivity index (χ4n) is 1.43. The van der Waals surface area contributed by atoms with Crippen LogP contribution in [0.1, 0.15) is 18.5 Å². The highest BCUT2D eigenvalue weighted by molar-refractivity contribution is 6.30. The van der Waals surface area contributed by atoms with Crippen LogP contribution < -0.4 is 10.5 Å². The highest BCUT2D eigenvalue weighted by atomic mass is 35.5. The number of hydrogen-bond donors (Lipinski definition) is 2. The predicted octanol–water partition coefficient (Wildman–Crippen LogP) is 1.75. The highest BCUT2D eigenvalue weighted by Gasteiger charge is 2.11. The van der Waals surface area contributed by atoms with Crippen molar-refractivity contribution < 1.29 is 14.6 Å². The summed E-state index contributed by atoms with van der Waals surface area (Å²) in [5.41, 5.74) is 6.64. The summed E-state index contributed by atoms with van der Waals surface area (Å²) in [6.07, 6.45) is -0.656. The van der Waals surface area contributed by atoms with Gasteiger partial charge in [0.15, 0.2) is 0 Å². The van der Waals surface area contributed by atoms with Gasteiger partial charge in [-0.15, -0.1) is 0 Å². The quantitative estimate of drug-likeness (QED) is 0.817. The van der Waals surface area contributed by atoms with E-state index in [0.717, 1.165) is 5.56 Å². The van der Waals surface area contributed by atoms with Crippen molar-refractivity contribution in [2.45, 2.75) is 19.1 Å². The van der Waals surface area contributed by atoms with Crippen molar-refractivity contribution in [1.29, 1.82) is 0 Å². The maximum Gasteiger partial charge on any atom is 0.124 e. The Balaban J connectivity index is 2.70. The summed E-state index contributed by atoms with van der Waals surface area (Å²) >= 11 is 5.89. The number of aliphatic hydroxyl groups is 1. The van der Waals surface area contributed by atoms with Crippen LogP contribution in [0, 0.1) is 0 Å². The molecule has 4 nitrogen and oxygen atoms in total. The van der Waals surface area contributed by atoms with Crippen molar-refractivity contribution in [3.05, 3.63) is 28.8 Å². The van der Waals surface area contributed by atoms with Crippen LogP contribution in [-0.2, 0) is 4.74 Å². The monoisotopic (exact) mass is 259 g/mol. The van der Waals surface area contributed by atoms with Crippen molar-refractivity contribution in [2.75, 3.05) is 20.3 Å². The first-order valence-electron chi connectivity index (χ1n) is 5.39. The Kier molecular flexibility index (Phi) is 5.71. The van der Waals surface area contributed by atoms with E-state index >= 15 is 0 Å². The van der Waals surface area contributed by atoms with Crippen LogP contribution in [0.3, 0.4) is 0 Å². The molecular weight excluding hydrogens is 242 g/mol. The van der Waals surface area contributed by atoms with Gasteiger partial charge < -0.3 is 20.3 Å². The average molecular weight is 260 g/mol. The molecule has 1 unspecified atom stereocenters. The third kappa shape index (κ3) is 4.52. The number of halogens is 1. The molecule has 0 radical (unpaired) electrons. The summed E-state index contributed by atoms with van der Waals surface area (Å²) < 4.78 is 10.3. The minimum absolute atomic E-state index is 0.162. The minimum Gasteiger partial charge on any atom is -0.490 e. The molecule has 0 aromatic heterocycles. The molecule has 0 aliphatic carbocycles. The number of aliphatic hydroxyl groups excluding tert-OH is 1. The molecule has 1 rings (SSSR count). The van der Waals surface area contributed by atoms with E-state index in [1.165, 1.54) is 7.11 Å². The molecule has 0 amide bonds. The Morgan fingerprint density at radius 1 is 1.41 bits per heavy atom. The van der Waals surface area contributed by atoms with Crippen LogP contribution in [0.2, 0.25) is 5.02 Å². The lowest BCUT2D eigenvalue weighted by Gasteiger charge is -2.16. The van der Waals surface area contributed by atoms with E-state index in [9.17, 15) is 5.11 Å². The van der Waals surface area contributed by atoms with E-state index in [4.69, 9.17) is 26.8 Å². The van der Waals surface area contributed by atoms with Gasteiger partial charge >= 0.3 is 0 Å². The molecule has 17 heavy (non-hydrogen) atoms. The molecule has 0 heterocycles. The van der Waals surface area contributed by atoms with Crippen molar-refractivity contribution in [3.63, 3.8) is 0 Å². The molecule has 96 valence electrons. The minimum atomic E-state index is -0.656. The van der Waals surface area contributed by atoms with Crippen LogP contribution in [0.25, 0.3) is 0 Å². The van der Waals surface area contributed by atoms with Crippen LogP contribution in [-0.4, -0.2) is 31.5 Å². The van der Waals surface area contributed by atoms with Gasteiger partial charge in [-0.25, -0.2) is 0 Å². The van der Waals surface area contributed by atoms with E-state index < -0.39 is 6.10 Å². The molecule has 0 aliphatic heterocycles. The smallest absolute Gasteiger partial charge is 0.124 e. The standard InChI is InChI=1S/C12H18ClNO3/c1-8(14)11-5-9(13)3-4-12(11)17-7-10(15)6-16-2/h3-5,8,10,15H,6-7,14H2,1-2H3/t8-,10?/m0/s1.